The van der Waals surface area contributed by atoms with Crippen LogP contribution in [0.1, 0.15) is 22.2 Å². The second kappa shape index (κ2) is 11.0. The average molecular weight is 495 g/mol. The fourth-order valence-electron chi connectivity index (χ4n) is 3.53. The summed E-state index contributed by atoms with van der Waals surface area (Å²) in [6.07, 6.45) is 0. The summed E-state index contributed by atoms with van der Waals surface area (Å²) in [6, 6.07) is 20.6. The topological polar surface area (TPSA) is 92.3 Å². The quantitative estimate of drug-likeness (QED) is 0.165. The lowest BCUT2D eigenvalue weighted by molar-refractivity contribution is -0.479. The zero-order valence-corrected chi connectivity index (χ0v) is 19.9. The first-order valence-electron chi connectivity index (χ1n) is 10.8. The van der Waals surface area contributed by atoms with Gasteiger partial charge in [0.15, 0.2) is 5.16 Å². The molecule has 180 valence electrons. The van der Waals surface area contributed by atoms with Crippen molar-refractivity contribution in [1.82, 2.24) is 14.8 Å². The van der Waals surface area contributed by atoms with Crippen molar-refractivity contribution in [3.63, 3.8) is 0 Å². The molecule has 4 aromatic rings. The van der Waals surface area contributed by atoms with E-state index in [9.17, 15) is 14.5 Å². The Kier molecular flexibility index (Phi) is 7.61. The predicted octanol–water partition coefficient (Wildman–Crippen LogP) is 5.41. The highest BCUT2D eigenvalue weighted by Gasteiger charge is 2.26. The van der Waals surface area contributed by atoms with Crippen LogP contribution in [0, 0.1) is 22.9 Å². The lowest BCUT2D eigenvalue weighted by Gasteiger charge is -2.18. The van der Waals surface area contributed by atoms with E-state index in [1.54, 1.807) is 31.4 Å². The molecule has 35 heavy (non-hydrogen) atoms. The van der Waals surface area contributed by atoms with Crippen molar-refractivity contribution in [2.24, 2.45) is 0 Å². The van der Waals surface area contributed by atoms with E-state index in [0.717, 1.165) is 11.3 Å². The van der Waals surface area contributed by atoms with Crippen LogP contribution in [0.2, 0.25) is 0 Å². The number of aromatic nitrogens is 3. The Morgan fingerprint density at radius 1 is 1.06 bits per heavy atom. The van der Waals surface area contributed by atoms with Gasteiger partial charge in [-0.2, -0.15) is 0 Å². The van der Waals surface area contributed by atoms with Gasteiger partial charge >= 0.3 is 0 Å². The molecule has 0 aliphatic carbocycles. The largest absolute Gasteiger partial charge is 0.497 e. The first-order chi connectivity index (χ1) is 16.9. The van der Waals surface area contributed by atoms with Gasteiger partial charge in [-0.1, -0.05) is 42.1 Å². The molecule has 0 radical (unpaired) electrons. The second-order valence-electron chi connectivity index (χ2n) is 7.64. The van der Waals surface area contributed by atoms with Gasteiger partial charge in [-0.05, 0) is 55.0 Å². The summed E-state index contributed by atoms with van der Waals surface area (Å²) in [4.78, 5) is 11.2. The first-order valence-corrected chi connectivity index (χ1v) is 11.6. The highest BCUT2D eigenvalue weighted by atomic mass is 32.2. The zero-order valence-electron chi connectivity index (χ0n) is 19.1. The number of hydrogen-bond donors (Lipinski definition) is 0. The number of halogens is 1. The van der Waals surface area contributed by atoms with E-state index in [2.05, 4.69) is 10.2 Å². The lowest BCUT2D eigenvalue weighted by Crippen LogP contribution is -2.12. The van der Waals surface area contributed by atoms with Gasteiger partial charge in [-0.25, -0.2) is 4.39 Å². The molecule has 0 unspecified atom stereocenters. The van der Waals surface area contributed by atoms with Gasteiger partial charge < -0.3 is 9.47 Å². The van der Waals surface area contributed by atoms with Gasteiger partial charge in [0, 0.05) is 16.2 Å². The molecule has 0 fully saturated rings. The Balaban J connectivity index is 1.63. The summed E-state index contributed by atoms with van der Waals surface area (Å²) in [5.74, 6) is 1.56. The lowest BCUT2D eigenvalue weighted by atomic mass is 10.1. The Hall–Kier alpha value is -3.92. The summed E-state index contributed by atoms with van der Waals surface area (Å²) in [7, 11) is 1.60. The van der Waals surface area contributed by atoms with Crippen LogP contribution in [0.4, 0.5) is 4.39 Å². The number of aryl methyl sites for hydroxylation is 1. The van der Waals surface area contributed by atoms with Crippen LogP contribution < -0.4 is 9.47 Å². The molecule has 1 aromatic heterocycles. The second-order valence-corrected chi connectivity index (χ2v) is 8.81. The van der Waals surface area contributed by atoms with Gasteiger partial charge in [0.2, 0.25) is 6.54 Å². The Morgan fingerprint density at radius 2 is 1.77 bits per heavy atom. The number of ether oxygens (including phenoxy) is 2. The highest BCUT2D eigenvalue weighted by Crippen LogP contribution is 2.40. The zero-order chi connectivity index (χ0) is 24.8. The van der Waals surface area contributed by atoms with Crippen molar-refractivity contribution in [3.05, 3.63) is 106 Å². The Labute approximate surface area is 205 Å². The number of nitrogens with zero attached hydrogens (tertiary/aromatic N) is 4. The van der Waals surface area contributed by atoms with E-state index in [1.807, 2.05) is 47.9 Å². The number of para-hydroxylation sites is 1. The fraction of sp³-hybridized carbons (Fsp3) is 0.200. The third-order valence-electron chi connectivity index (χ3n) is 5.26. The summed E-state index contributed by atoms with van der Waals surface area (Å²) in [6.45, 7) is 1.69. The molecule has 0 saturated heterocycles. The molecule has 0 amide bonds. The van der Waals surface area contributed by atoms with Crippen LogP contribution in [0.5, 0.6) is 11.5 Å². The fourth-order valence-corrected chi connectivity index (χ4v) is 4.73. The molecular weight excluding hydrogens is 471 g/mol. The molecule has 0 aliphatic rings. The molecule has 4 rings (SSSR count). The molecule has 10 heteroatoms. The molecule has 0 bridgehead atoms. The van der Waals surface area contributed by atoms with E-state index in [1.165, 1.54) is 23.9 Å². The number of methoxy groups -OCH3 is 1. The molecule has 1 atom stereocenters. The van der Waals surface area contributed by atoms with Crippen molar-refractivity contribution >= 4 is 11.8 Å². The van der Waals surface area contributed by atoms with E-state index >= 15 is 0 Å². The number of thioether (sulfide) groups is 1. The molecule has 0 saturated carbocycles. The van der Waals surface area contributed by atoms with Crippen molar-refractivity contribution in [1.29, 1.82) is 0 Å². The first kappa shape index (κ1) is 24.2. The maximum atomic E-state index is 13.2. The summed E-state index contributed by atoms with van der Waals surface area (Å²) in [5.41, 5.74) is 2.27. The maximum absolute atomic E-state index is 13.2. The minimum atomic E-state index is -0.588. The van der Waals surface area contributed by atoms with Gasteiger partial charge in [-0.3, -0.25) is 14.7 Å². The smallest absolute Gasteiger partial charge is 0.220 e. The van der Waals surface area contributed by atoms with Crippen molar-refractivity contribution in [2.45, 2.75) is 23.9 Å². The number of rotatable bonds is 10. The highest BCUT2D eigenvalue weighted by molar-refractivity contribution is 7.99. The molecule has 1 heterocycles. The predicted molar refractivity (Wildman–Crippen MR) is 130 cm³/mol. The molecule has 0 aliphatic heterocycles. The van der Waals surface area contributed by atoms with Gasteiger partial charge in [-0.15, -0.1) is 10.2 Å². The van der Waals surface area contributed by atoms with Crippen LogP contribution >= 0.6 is 11.8 Å². The van der Waals surface area contributed by atoms with Crippen LogP contribution in [0.15, 0.2) is 78.0 Å². The van der Waals surface area contributed by atoms with Crippen molar-refractivity contribution < 1.29 is 18.8 Å². The van der Waals surface area contributed by atoms with Crippen molar-refractivity contribution in [2.75, 3.05) is 13.7 Å². The third kappa shape index (κ3) is 5.96. The summed E-state index contributed by atoms with van der Waals surface area (Å²) < 4.78 is 26.3. The minimum Gasteiger partial charge on any atom is -0.497 e. The van der Waals surface area contributed by atoms with Crippen molar-refractivity contribution in [3.8, 4) is 17.2 Å². The summed E-state index contributed by atoms with van der Waals surface area (Å²) >= 11 is 1.25. The molecule has 8 nitrogen and oxygen atoms in total. The number of hydrogen-bond acceptors (Lipinski definition) is 7. The normalized spacial score (nSPS) is 11.7. The van der Waals surface area contributed by atoms with Crippen LogP contribution in [-0.4, -0.2) is 33.3 Å². The SMILES string of the molecule is COc1ccc(-n2c(C)nnc2S[C@@H](C[N+](=O)[O-])c2ccccc2OCc2ccc(F)cc2)cc1. The molecule has 0 N–H and O–H groups in total. The van der Waals surface area contributed by atoms with Gasteiger partial charge in [0.25, 0.3) is 0 Å². The average Bonchev–Trinajstić information content (AvgIpc) is 3.23. The van der Waals surface area contributed by atoms with E-state index in [-0.39, 0.29) is 23.9 Å². The number of nitro groups is 1. The van der Waals surface area contributed by atoms with Crippen LogP contribution in [-0.2, 0) is 6.61 Å². The maximum Gasteiger partial charge on any atom is 0.220 e. The van der Waals surface area contributed by atoms with E-state index in [4.69, 9.17) is 9.47 Å². The summed E-state index contributed by atoms with van der Waals surface area (Å²) in [5, 5.41) is 20.0. The number of benzene rings is 3. The Morgan fingerprint density at radius 3 is 2.46 bits per heavy atom. The van der Waals surface area contributed by atoms with Gasteiger partial charge in [0.05, 0.1) is 7.11 Å². The third-order valence-corrected chi connectivity index (χ3v) is 6.42. The Bertz CT molecular complexity index is 1300. The van der Waals surface area contributed by atoms with E-state index in [0.29, 0.717) is 28.0 Å². The van der Waals surface area contributed by atoms with E-state index < -0.39 is 5.25 Å². The van der Waals surface area contributed by atoms with Gasteiger partial charge in [0.1, 0.15) is 35.0 Å². The molecule has 3 aromatic carbocycles. The monoisotopic (exact) mass is 494 g/mol. The van der Waals surface area contributed by atoms with Crippen LogP contribution in [0.25, 0.3) is 5.69 Å². The van der Waals surface area contributed by atoms with Crippen LogP contribution in [0.3, 0.4) is 0 Å². The standard InChI is InChI=1S/C25H23FN4O4S/c1-17-27-28-25(30(17)20-11-13-21(33-2)14-12-20)35-24(15-29(31)32)22-5-3-4-6-23(22)34-16-18-7-9-19(26)10-8-18/h3-14,24H,15-16H2,1-2H3/t24-/m0/s1. The minimum absolute atomic E-state index is 0.203. The molecular formula is C25H23FN4O4S. The molecule has 0 spiro atoms.